The average molecular weight is 457 g/mol. The van der Waals surface area contributed by atoms with Crippen molar-refractivity contribution >= 4 is 34.2 Å². The quantitative estimate of drug-likeness (QED) is 0.359. The largest absolute Gasteiger partial charge is 0.497 e. The summed E-state index contributed by atoms with van der Waals surface area (Å²) in [6, 6.07) is 20.3. The fraction of sp³-hybridized carbons (Fsp3) is 0.222. The second kappa shape index (κ2) is 10.2. The van der Waals surface area contributed by atoms with Crippen molar-refractivity contribution in [2.24, 2.45) is 0 Å². The first-order valence-corrected chi connectivity index (χ1v) is 11.3. The van der Waals surface area contributed by atoms with Gasteiger partial charge in [0.25, 0.3) is 5.91 Å². The summed E-state index contributed by atoms with van der Waals surface area (Å²) in [5.41, 5.74) is 4.67. The van der Waals surface area contributed by atoms with Crippen molar-refractivity contribution in [3.63, 3.8) is 0 Å². The van der Waals surface area contributed by atoms with Crippen molar-refractivity contribution in [2.45, 2.75) is 26.2 Å². The standard InChI is InChI=1S/C27H28N4O3/c1-4-5-6-25(32)28-20-11-16-23-24(17-20)30-26(29-23)18-7-12-21(13-8-18)31(2)27(33)19-9-14-22(34-3)15-10-19/h7-17H,4-6H2,1-3H3,(H,28,32)(H,29,30). The first-order valence-electron chi connectivity index (χ1n) is 11.3. The number of anilines is 2. The molecule has 0 atom stereocenters. The number of nitrogens with one attached hydrogen (secondary N) is 2. The van der Waals surface area contributed by atoms with Crippen molar-refractivity contribution in [1.29, 1.82) is 0 Å². The minimum Gasteiger partial charge on any atom is -0.497 e. The number of aromatic nitrogens is 2. The highest BCUT2D eigenvalue weighted by atomic mass is 16.5. The Morgan fingerprint density at radius 3 is 2.44 bits per heavy atom. The van der Waals surface area contributed by atoms with E-state index in [1.807, 2.05) is 42.5 Å². The van der Waals surface area contributed by atoms with Gasteiger partial charge in [0.1, 0.15) is 11.6 Å². The number of carbonyl (C=O) groups is 2. The lowest BCUT2D eigenvalue weighted by Gasteiger charge is -2.18. The highest BCUT2D eigenvalue weighted by molar-refractivity contribution is 6.05. The number of hydrogen-bond donors (Lipinski definition) is 2. The zero-order valence-electron chi connectivity index (χ0n) is 19.6. The second-order valence-corrected chi connectivity index (χ2v) is 8.11. The van der Waals surface area contributed by atoms with Crippen molar-refractivity contribution < 1.29 is 14.3 Å². The Balaban J connectivity index is 1.48. The molecular formula is C27H28N4O3. The molecule has 0 bridgehead atoms. The fourth-order valence-electron chi connectivity index (χ4n) is 3.67. The third kappa shape index (κ3) is 5.09. The molecule has 0 radical (unpaired) electrons. The van der Waals surface area contributed by atoms with Gasteiger partial charge in [0.05, 0.1) is 18.1 Å². The summed E-state index contributed by atoms with van der Waals surface area (Å²) in [5, 5.41) is 2.94. The molecule has 0 aliphatic carbocycles. The number of amides is 2. The van der Waals surface area contributed by atoms with Crippen LogP contribution in [-0.2, 0) is 4.79 Å². The molecule has 0 saturated carbocycles. The van der Waals surface area contributed by atoms with Crippen LogP contribution in [0.15, 0.2) is 66.7 Å². The molecule has 0 unspecified atom stereocenters. The predicted molar refractivity (Wildman–Crippen MR) is 135 cm³/mol. The lowest BCUT2D eigenvalue weighted by molar-refractivity contribution is -0.116. The third-order valence-corrected chi connectivity index (χ3v) is 5.69. The number of methoxy groups -OCH3 is 1. The van der Waals surface area contributed by atoms with Gasteiger partial charge in [-0.25, -0.2) is 4.98 Å². The number of nitrogens with zero attached hydrogens (tertiary/aromatic N) is 2. The van der Waals surface area contributed by atoms with Crippen LogP contribution in [0.25, 0.3) is 22.4 Å². The Morgan fingerprint density at radius 1 is 1.03 bits per heavy atom. The normalized spacial score (nSPS) is 10.8. The van der Waals surface area contributed by atoms with E-state index in [4.69, 9.17) is 4.74 Å². The van der Waals surface area contributed by atoms with Gasteiger partial charge in [0.2, 0.25) is 5.91 Å². The minimum absolute atomic E-state index is 0.0184. The van der Waals surface area contributed by atoms with Crippen LogP contribution in [0, 0.1) is 0 Å². The van der Waals surface area contributed by atoms with Crippen molar-refractivity contribution in [3.8, 4) is 17.1 Å². The maximum atomic E-state index is 12.8. The van der Waals surface area contributed by atoms with Gasteiger partial charge in [-0.1, -0.05) is 13.3 Å². The molecule has 7 nitrogen and oxygen atoms in total. The molecular weight excluding hydrogens is 428 g/mol. The number of aromatic amines is 1. The lowest BCUT2D eigenvalue weighted by Crippen LogP contribution is -2.26. The molecule has 34 heavy (non-hydrogen) atoms. The van der Waals surface area contributed by atoms with Gasteiger partial charge in [0.15, 0.2) is 0 Å². The first kappa shape index (κ1) is 23.0. The number of imidazole rings is 1. The zero-order valence-corrected chi connectivity index (χ0v) is 19.6. The van der Waals surface area contributed by atoms with Crippen molar-refractivity contribution in [2.75, 3.05) is 24.4 Å². The molecule has 0 aliphatic heterocycles. The summed E-state index contributed by atoms with van der Waals surface area (Å²) in [6.45, 7) is 2.06. The van der Waals surface area contributed by atoms with Gasteiger partial charge in [-0.2, -0.15) is 0 Å². The summed E-state index contributed by atoms with van der Waals surface area (Å²) < 4.78 is 5.16. The highest BCUT2D eigenvalue weighted by Crippen LogP contribution is 2.26. The van der Waals surface area contributed by atoms with Crippen LogP contribution in [0.4, 0.5) is 11.4 Å². The van der Waals surface area contributed by atoms with Crippen LogP contribution in [0.1, 0.15) is 36.5 Å². The molecule has 1 aromatic heterocycles. The van der Waals surface area contributed by atoms with Crippen LogP contribution in [-0.4, -0.2) is 35.9 Å². The Morgan fingerprint density at radius 2 is 1.76 bits per heavy atom. The highest BCUT2D eigenvalue weighted by Gasteiger charge is 2.14. The molecule has 174 valence electrons. The smallest absolute Gasteiger partial charge is 0.258 e. The van der Waals surface area contributed by atoms with E-state index in [1.165, 1.54) is 0 Å². The molecule has 2 N–H and O–H groups in total. The SMILES string of the molecule is CCCCC(=O)Nc1ccc2nc(-c3ccc(N(C)C(=O)c4ccc(OC)cc4)cc3)[nH]c2c1. The monoisotopic (exact) mass is 456 g/mol. The number of fused-ring (bicyclic) bond motifs is 1. The van der Waals surface area contributed by atoms with E-state index in [0.29, 0.717) is 17.7 Å². The Hall–Kier alpha value is -4.13. The molecule has 4 aromatic rings. The average Bonchev–Trinajstić information content (AvgIpc) is 3.30. The van der Waals surface area contributed by atoms with E-state index in [2.05, 4.69) is 22.2 Å². The Kier molecular flexibility index (Phi) is 6.92. The van der Waals surface area contributed by atoms with E-state index >= 15 is 0 Å². The lowest BCUT2D eigenvalue weighted by atomic mass is 10.1. The summed E-state index contributed by atoms with van der Waals surface area (Å²) in [7, 11) is 3.34. The topological polar surface area (TPSA) is 87.3 Å². The van der Waals surface area contributed by atoms with Crippen LogP contribution in [0.2, 0.25) is 0 Å². The van der Waals surface area contributed by atoms with E-state index in [1.54, 1.807) is 43.3 Å². The maximum absolute atomic E-state index is 12.8. The zero-order chi connectivity index (χ0) is 24.1. The van der Waals surface area contributed by atoms with Gasteiger partial charge >= 0.3 is 0 Å². The van der Waals surface area contributed by atoms with E-state index in [9.17, 15) is 9.59 Å². The minimum atomic E-state index is -0.104. The van der Waals surface area contributed by atoms with Gasteiger partial charge in [-0.15, -0.1) is 0 Å². The van der Waals surface area contributed by atoms with Crippen LogP contribution in [0.5, 0.6) is 5.75 Å². The van der Waals surface area contributed by atoms with Gasteiger partial charge in [0, 0.05) is 36.0 Å². The Bertz CT molecular complexity index is 1290. The summed E-state index contributed by atoms with van der Waals surface area (Å²) >= 11 is 0. The first-order chi connectivity index (χ1) is 16.5. The summed E-state index contributed by atoms with van der Waals surface area (Å²) in [4.78, 5) is 34.4. The molecule has 2 amide bonds. The predicted octanol–water partition coefficient (Wildman–Crippen LogP) is 5.64. The third-order valence-electron chi connectivity index (χ3n) is 5.69. The van der Waals surface area contributed by atoms with Gasteiger partial charge < -0.3 is 19.9 Å². The van der Waals surface area contributed by atoms with Gasteiger partial charge in [-0.05, 0) is 73.2 Å². The molecule has 4 rings (SSSR count). The van der Waals surface area contributed by atoms with Crippen molar-refractivity contribution in [3.05, 3.63) is 72.3 Å². The fourth-order valence-corrected chi connectivity index (χ4v) is 3.67. The number of rotatable bonds is 8. The molecule has 3 aromatic carbocycles. The molecule has 0 fully saturated rings. The number of carbonyl (C=O) groups excluding carboxylic acids is 2. The number of hydrogen-bond acceptors (Lipinski definition) is 4. The molecule has 0 spiro atoms. The molecule has 0 aliphatic rings. The summed E-state index contributed by atoms with van der Waals surface area (Å²) in [5.74, 6) is 1.35. The molecule has 0 saturated heterocycles. The van der Waals surface area contributed by atoms with Crippen LogP contribution in [0.3, 0.4) is 0 Å². The van der Waals surface area contributed by atoms with E-state index in [0.717, 1.165) is 46.6 Å². The number of H-pyrrole nitrogens is 1. The van der Waals surface area contributed by atoms with Crippen LogP contribution < -0.4 is 15.0 Å². The van der Waals surface area contributed by atoms with Crippen molar-refractivity contribution in [1.82, 2.24) is 9.97 Å². The second-order valence-electron chi connectivity index (χ2n) is 8.11. The molecule has 7 heteroatoms. The summed E-state index contributed by atoms with van der Waals surface area (Å²) in [6.07, 6.45) is 2.38. The number of unbranched alkanes of at least 4 members (excludes halogenated alkanes) is 1. The number of ether oxygens (including phenoxy) is 1. The Labute approximate surface area is 198 Å². The van der Waals surface area contributed by atoms with Gasteiger partial charge in [-0.3, -0.25) is 9.59 Å². The maximum Gasteiger partial charge on any atom is 0.258 e. The molecule has 1 heterocycles. The number of benzene rings is 3. The van der Waals surface area contributed by atoms with Crippen LogP contribution >= 0.6 is 0 Å². The van der Waals surface area contributed by atoms with E-state index in [-0.39, 0.29) is 11.8 Å². The van der Waals surface area contributed by atoms with E-state index < -0.39 is 0 Å².